The van der Waals surface area contributed by atoms with Gasteiger partial charge in [-0.15, -0.1) is 0 Å². The summed E-state index contributed by atoms with van der Waals surface area (Å²) in [7, 11) is -3.69. The van der Waals surface area contributed by atoms with Crippen molar-refractivity contribution in [1.82, 2.24) is 14.2 Å². The highest BCUT2D eigenvalue weighted by molar-refractivity contribution is 7.89. The van der Waals surface area contributed by atoms with Gasteiger partial charge in [0.2, 0.25) is 10.0 Å². The molecule has 150 valence electrons. The van der Waals surface area contributed by atoms with Crippen LogP contribution in [0.3, 0.4) is 0 Å². The molecule has 1 aromatic heterocycles. The predicted molar refractivity (Wildman–Crippen MR) is 113 cm³/mol. The molecule has 3 aromatic rings. The fourth-order valence-corrected chi connectivity index (χ4v) is 5.38. The first-order chi connectivity index (χ1) is 13.9. The molecule has 2 aromatic carbocycles. The van der Waals surface area contributed by atoms with E-state index in [-0.39, 0.29) is 23.9 Å². The molecule has 1 fully saturated rings. The molecule has 6 nitrogen and oxygen atoms in total. The van der Waals surface area contributed by atoms with E-state index < -0.39 is 10.0 Å². The number of fused-ring (bicyclic) bond motifs is 1. The van der Waals surface area contributed by atoms with Gasteiger partial charge in [0, 0.05) is 48.3 Å². The number of nitrogens with zero attached hydrogens (tertiary/aromatic N) is 3. The lowest BCUT2D eigenvalue weighted by Gasteiger charge is -2.34. The zero-order valence-corrected chi connectivity index (χ0v) is 17.4. The highest BCUT2D eigenvalue weighted by Gasteiger charge is 2.31. The van der Waals surface area contributed by atoms with Crippen molar-refractivity contribution in [1.29, 1.82) is 0 Å². The fourth-order valence-electron chi connectivity index (χ4n) is 3.59. The molecule has 0 aliphatic carbocycles. The van der Waals surface area contributed by atoms with E-state index in [0.717, 1.165) is 5.56 Å². The first kappa shape index (κ1) is 19.8. The summed E-state index contributed by atoms with van der Waals surface area (Å²) in [6, 6.07) is 13.7. The predicted octanol–water partition coefficient (Wildman–Crippen LogP) is 3.34. The molecule has 1 aliphatic rings. The molecule has 0 unspecified atom stereocenters. The third-order valence-electron chi connectivity index (χ3n) is 5.15. The van der Waals surface area contributed by atoms with E-state index >= 15 is 0 Å². The van der Waals surface area contributed by atoms with Crippen LogP contribution in [0.15, 0.2) is 59.6 Å². The summed E-state index contributed by atoms with van der Waals surface area (Å²) in [6.07, 6.45) is 1.66. The van der Waals surface area contributed by atoms with E-state index in [2.05, 4.69) is 4.98 Å². The Morgan fingerprint density at radius 2 is 1.79 bits per heavy atom. The van der Waals surface area contributed by atoms with Crippen LogP contribution < -0.4 is 0 Å². The second kappa shape index (κ2) is 7.74. The highest BCUT2D eigenvalue weighted by atomic mass is 35.5. The lowest BCUT2D eigenvalue weighted by atomic mass is 10.1. The summed E-state index contributed by atoms with van der Waals surface area (Å²) in [5, 5.41) is 1.11. The first-order valence-corrected chi connectivity index (χ1v) is 11.1. The van der Waals surface area contributed by atoms with E-state index in [0.29, 0.717) is 34.6 Å². The minimum atomic E-state index is -3.69. The van der Waals surface area contributed by atoms with Crippen molar-refractivity contribution in [2.75, 3.05) is 26.2 Å². The molecule has 0 N–H and O–H groups in total. The minimum Gasteiger partial charge on any atom is -0.336 e. The smallest absolute Gasteiger partial charge is 0.253 e. The molecule has 29 heavy (non-hydrogen) atoms. The van der Waals surface area contributed by atoms with Gasteiger partial charge in [0.1, 0.15) is 0 Å². The van der Waals surface area contributed by atoms with Crippen LogP contribution in [-0.2, 0) is 10.0 Å². The van der Waals surface area contributed by atoms with Gasteiger partial charge in [-0.25, -0.2) is 8.42 Å². The van der Waals surface area contributed by atoms with Gasteiger partial charge in [0.05, 0.1) is 10.4 Å². The molecule has 0 radical (unpaired) electrons. The van der Waals surface area contributed by atoms with Crippen molar-refractivity contribution in [2.45, 2.75) is 11.8 Å². The number of rotatable bonds is 3. The summed E-state index contributed by atoms with van der Waals surface area (Å²) < 4.78 is 28.0. The molecule has 4 rings (SSSR count). The van der Waals surface area contributed by atoms with Crippen molar-refractivity contribution in [3.63, 3.8) is 0 Å². The maximum atomic E-state index is 13.3. The van der Waals surface area contributed by atoms with E-state index in [4.69, 9.17) is 11.6 Å². The summed E-state index contributed by atoms with van der Waals surface area (Å²) in [4.78, 5) is 18.9. The average molecular weight is 430 g/mol. The number of hydrogen-bond acceptors (Lipinski definition) is 4. The topological polar surface area (TPSA) is 70.6 Å². The van der Waals surface area contributed by atoms with Gasteiger partial charge in [-0.05, 0) is 48.9 Å². The van der Waals surface area contributed by atoms with Crippen LogP contribution in [0.1, 0.15) is 15.9 Å². The average Bonchev–Trinajstić information content (AvgIpc) is 2.73. The Morgan fingerprint density at radius 1 is 1.03 bits per heavy atom. The van der Waals surface area contributed by atoms with Crippen LogP contribution in [0.4, 0.5) is 0 Å². The Morgan fingerprint density at radius 3 is 2.52 bits per heavy atom. The van der Waals surface area contributed by atoms with Crippen LogP contribution in [0.25, 0.3) is 10.9 Å². The maximum absolute atomic E-state index is 13.3. The van der Waals surface area contributed by atoms with Crippen LogP contribution in [0.5, 0.6) is 0 Å². The van der Waals surface area contributed by atoms with E-state index in [1.807, 2.05) is 6.92 Å². The number of pyridine rings is 1. The summed E-state index contributed by atoms with van der Waals surface area (Å²) in [5.74, 6) is -0.144. The molecule has 1 amide bonds. The molecule has 0 bridgehead atoms. The monoisotopic (exact) mass is 429 g/mol. The van der Waals surface area contributed by atoms with Gasteiger partial charge in [-0.1, -0.05) is 23.7 Å². The van der Waals surface area contributed by atoms with Crippen molar-refractivity contribution in [3.8, 4) is 0 Å². The summed E-state index contributed by atoms with van der Waals surface area (Å²) in [6.45, 7) is 3.04. The van der Waals surface area contributed by atoms with Gasteiger partial charge < -0.3 is 4.90 Å². The number of piperazine rings is 1. The number of carbonyl (C=O) groups is 1. The van der Waals surface area contributed by atoms with E-state index in [9.17, 15) is 13.2 Å². The van der Waals surface area contributed by atoms with Crippen molar-refractivity contribution in [2.24, 2.45) is 0 Å². The van der Waals surface area contributed by atoms with Crippen LogP contribution >= 0.6 is 11.6 Å². The molecule has 8 heteroatoms. The standard InChI is InChI=1S/C21H20ClN3O3S/c1-15-7-8-19(18-6-3-9-23-20(15)18)29(27,28)25-12-10-24(11-13-25)21(26)16-4-2-5-17(22)14-16/h2-9,14H,10-13H2,1H3. The summed E-state index contributed by atoms with van der Waals surface area (Å²) >= 11 is 5.97. The molecular weight excluding hydrogens is 410 g/mol. The number of aryl methyl sites for hydroxylation is 1. The fraction of sp³-hybridized carbons (Fsp3) is 0.238. The summed E-state index contributed by atoms with van der Waals surface area (Å²) in [5.41, 5.74) is 2.12. The van der Waals surface area contributed by atoms with Crippen LogP contribution in [-0.4, -0.2) is 54.7 Å². The number of benzene rings is 2. The molecule has 0 atom stereocenters. The largest absolute Gasteiger partial charge is 0.336 e. The minimum absolute atomic E-state index is 0.144. The quantitative estimate of drug-likeness (QED) is 0.640. The van der Waals surface area contributed by atoms with Crippen molar-refractivity contribution in [3.05, 3.63) is 70.9 Å². The molecule has 0 spiro atoms. The highest BCUT2D eigenvalue weighted by Crippen LogP contribution is 2.27. The number of aromatic nitrogens is 1. The van der Waals surface area contributed by atoms with Gasteiger partial charge in [0.15, 0.2) is 0 Å². The van der Waals surface area contributed by atoms with Gasteiger partial charge in [-0.2, -0.15) is 4.31 Å². The Kier molecular flexibility index (Phi) is 5.29. The number of amides is 1. The van der Waals surface area contributed by atoms with Gasteiger partial charge >= 0.3 is 0 Å². The van der Waals surface area contributed by atoms with Crippen molar-refractivity contribution >= 4 is 38.4 Å². The Labute approximate surface area is 174 Å². The Hall–Kier alpha value is -2.48. The third-order valence-corrected chi connectivity index (χ3v) is 7.34. The Bertz CT molecular complexity index is 1190. The normalized spacial score (nSPS) is 15.6. The molecule has 0 saturated carbocycles. The molecule has 1 saturated heterocycles. The molecule has 2 heterocycles. The zero-order valence-electron chi connectivity index (χ0n) is 15.9. The SMILES string of the molecule is Cc1ccc(S(=O)(=O)N2CCN(C(=O)c3cccc(Cl)c3)CC2)c2cccnc12. The van der Waals surface area contributed by atoms with Gasteiger partial charge in [-0.3, -0.25) is 9.78 Å². The lowest BCUT2D eigenvalue weighted by Crippen LogP contribution is -2.50. The van der Waals surface area contributed by atoms with E-state index in [1.165, 1.54) is 4.31 Å². The first-order valence-electron chi connectivity index (χ1n) is 9.27. The molecule has 1 aliphatic heterocycles. The Balaban J connectivity index is 1.56. The van der Waals surface area contributed by atoms with Crippen LogP contribution in [0.2, 0.25) is 5.02 Å². The number of halogens is 1. The zero-order chi connectivity index (χ0) is 20.6. The third kappa shape index (κ3) is 3.73. The molecular formula is C21H20ClN3O3S. The van der Waals surface area contributed by atoms with Gasteiger partial charge in [0.25, 0.3) is 5.91 Å². The lowest BCUT2D eigenvalue weighted by molar-refractivity contribution is 0.0698. The van der Waals surface area contributed by atoms with E-state index in [1.54, 1.807) is 59.6 Å². The number of hydrogen-bond donors (Lipinski definition) is 0. The van der Waals surface area contributed by atoms with Crippen LogP contribution in [0, 0.1) is 6.92 Å². The second-order valence-corrected chi connectivity index (χ2v) is 9.33. The maximum Gasteiger partial charge on any atom is 0.253 e. The van der Waals surface area contributed by atoms with Crippen molar-refractivity contribution < 1.29 is 13.2 Å². The number of carbonyl (C=O) groups excluding carboxylic acids is 1. The number of sulfonamides is 1. The second-order valence-electron chi connectivity index (χ2n) is 6.99.